The number of anilines is 1. The average Bonchev–Trinajstić information content (AvgIpc) is 2.69. The molecule has 3 aromatic carbocycles. The zero-order valence-corrected chi connectivity index (χ0v) is 15.8. The Kier molecular flexibility index (Phi) is 5.56. The van der Waals surface area contributed by atoms with Crippen LogP contribution in [0.1, 0.15) is 21.5 Å². The Labute approximate surface area is 163 Å². The van der Waals surface area contributed by atoms with Crippen molar-refractivity contribution in [2.45, 2.75) is 16.7 Å². The molecule has 0 amide bonds. The van der Waals surface area contributed by atoms with Gasteiger partial charge in [-0.1, -0.05) is 42.0 Å². The van der Waals surface area contributed by atoms with Crippen molar-refractivity contribution in [1.82, 2.24) is 0 Å². The van der Waals surface area contributed by atoms with E-state index in [-0.39, 0.29) is 15.4 Å². The minimum Gasteiger partial charge on any atom is -0.545 e. The maximum absolute atomic E-state index is 12.6. The Morgan fingerprint density at radius 1 is 0.893 bits per heavy atom. The van der Waals surface area contributed by atoms with E-state index in [0.717, 1.165) is 5.56 Å². The van der Waals surface area contributed by atoms with Gasteiger partial charge in [0.25, 0.3) is 0 Å². The van der Waals surface area contributed by atoms with Crippen LogP contribution in [-0.4, -0.2) is 20.6 Å². The summed E-state index contributed by atoms with van der Waals surface area (Å²) in [6.45, 7) is 1.90. The number of hydrogen-bond donors (Lipinski definition) is 1. The third-order valence-corrected chi connectivity index (χ3v) is 5.84. The van der Waals surface area contributed by atoms with Gasteiger partial charge in [0.1, 0.15) is 0 Å². The Hall–Kier alpha value is -3.45. The van der Waals surface area contributed by atoms with Gasteiger partial charge in [-0.25, -0.2) is 8.42 Å². The summed E-state index contributed by atoms with van der Waals surface area (Å²) < 4.78 is 25.3. The molecule has 0 fully saturated rings. The number of sulfone groups is 1. The number of benzene rings is 3. The number of hydrazone groups is 1. The fourth-order valence-corrected chi connectivity index (χ4v) is 3.71. The minimum absolute atomic E-state index is 0.0930. The molecule has 0 heterocycles. The van der Waals surface area contributed by atoms with Crippen LogP contribution in [0.3, 0.4) is 0 Å². The summed E-state index contributed by atoms with van der Waals surface area (Å²) in [4.78, 5) is 11.2. The SMILES string of the molecule is Cc1ccc(S(=O)(=O)c2ccc(N/N=C\c3ccc(C(=O)[O-])cc3)cc2)cc1. The van der Waals surface area contributed by atoms with Gasteiger partial charge in [-0.2, -0.15) is 5.10 Å². The summed E-state index contributed by atoms with van der Waals surface area (Å²) in [5.74, 6) is -1.23. The highest BCUT2D eigenvalue weighted by atomic mass is 32.2. The van der Waals surface area contributed by atoms with Crippen LogP contribution in [0.15, 0.2) is 87.7 Å². The lowest BCUT2D eigenvalue weighted by molar-refractivity contribution is -0.255. The minimum atomic E-state index is -3.57. The number of carbonyl (C=O) groups is 1. The van der Waals surface area contributed by atoms with Crippen molar-refractivity contribution in [3.05, 3.63) is 89.5 Å². The highest BCUT2D eigenvalue weighted by Crippen LogP contribution is 2.22. The Morgan fingerprint density at radius 3 is 1.96 bits per heavy atom. The smallest absolute Gasteiger partial charge is 0.206 e. The molecule has 0 aliphatic carbocycles. The predicted octanol–water partition coefficient (Wildman–Crippen LogP) is 2.64. The van der Waals surface area contributed by atoms with Crippen molar-refractivity contribution < 1.29 is 18.3 Å². The molecule has 0 saturated carbocycles. The summed E-state index contributed by atoms with van der Waals surface area (Å²) in [6, 6.07) is 19.1. The van der Waals surface area contributed by atoms with Crippen LogP contribution in [0.4, 0.5) is 5.69 Å². The quantitative estimate of drug-likeness (QED) is 0.513. The molecular weight excluding hydrogens is 376 g/mol. The normalized spacial score (nSPS) is 11.5. The number of nitrogens with one attached hydrogen (secondary N) is 1. The largest absolute Gasteiger partial charge is 0.545 e. The number of rotatable bonds is 6. The summed E-state index contributed by atoms with van der Waals surface area (Å²) in [6.07, 6.45) is 1.52. The lowest BCUT2D eigenvalue weighted by Crippen LogP contribution is -2.21. The fraction of sp³-hybridized carbons (Fsp3) is 0.0476. The van der Waals surface area contributed by atoms with E-state index < -0.39 is 15.8 Å². The van der Waals surface area contributed by atoms with Gasteiger partial charge in [0.05, 0.1) is 27.7 Å². The van der Waals surface area contributed by atoms with Gasteiger partial charge in [-0.3, -0.25) is 5.43 Å². The van der Waals surface area contributed by atoms with Crippen molar-refractivity contribution >= 4 is 27.7 Å². The summed E-state index contributed by atoms with van der Waals surface area (Å²) in [7, 11) is -3.57. The highest BCUT2D eigenvalue weighted by molar-refractivity contribution is 7.91. The van der Waals surface area contributed by atoms with Gasteiger partial charge >= 0.3 is 0 Å². The van der Waals surface area contributed by atoms with E-state index in [0.29, 0.717) is 11.3 Å². The molecule has 0 bridgehead atoms. The van der Waals surface area contributed by atoms with Crippen LogP contribution < -0.4 is 10.5 Å². The second-order valence-electron chi connectivity index (χ2n) is 6.12. The van der Waals surface area contributed by atoms with E-state index in [1.807, 2.05) is 6.92 Å². The second-order valence-corrected chi connectivity index (χ2v) is 8.07. The van der Waals surface area contributed by atoms with Crippen LogP contribution in [0.25, 0.3) is 0 Å². The summed E-state index contributed by atoms with van der Waals surface area (Å²) >= 11 is 0. The summed E-state index contributed by atoms with van der Waals surface area (Å²) in [5, 5.41) is 14.8. The van der Waals surface area contributed by atoms with Crippen LogP contribution in [-0.2, 0) is 9.84 Å². The van der Waals surface area contributed by atoms with Gasteiger partial charge in [0.15, 0.2) is 0 Å². The molecule has 142 valence electrons. The van der Waals surface area contributed by atoms with Crippen LogP contribution in [0.2, 0.25) is 0 Å². The molecule has 7 heteroatoms. The molecule has 0 aliphatic rings. The molecule has 1 N–H and O–H groups in total. The zero-order chi connectivity index (χ0) is 20.1. The topological polar surface area (TPSA) is 98.7 Å². The van der Waals surface area contributed by atoms with E-state index in [1.165, 1.54) is 30.5 Å². The number of aryl methyl sites for hydroxylation is 1. The summed E-state index contributed by atoms with van der Waals surface area (Å²) in [5.41, 5.74) is 5.21. The standard InChI is InChI=1S/C21H18N2O4S/c1-15-2-10-19(11-3-15)28(26,27)20-12-8-18(9-13-20)23-22-14-16-4-6-17(7-5-16)21(24)25/h2-14,23H,1H3,(H,24,25)/p-1/b22-14-. The van der Waals surface area contributed by atoms with E-state index in [2.05, 4.69) is 10.5 Å². The van der Waals surface area contributed by atoms with Crippen LogP contribution in [0, 0.1) is 6.92 Å². The molecule has 0 saturated heterocycles. The average molecular weight is 393 g/mol. The highest BCUT2D eigenvalue weighted by Gasteiger charge is 2.16. The Balaban J connectivity index is 1.69. The van der Waals surface area contributed by atoms with Gasteiger partial charge in [0.2, 0.25) is 9.84 Å². The fourth-order valence-electron chi connectivity index (χ4n) is 2.45. The molecular formula is C21H17N2O4S-. The van der Waals surface area contributed by atoms with Crippen molar-refractivity contribution in [2.75, 3.05) is 5.43 Å². The second kappa shape index (κ2) is 8.06. The van der Waals surface area contributed by atoms with Crippen LogP contribution in [0.5, 0.6) is 0 Å². The Bertz CT molecular complexity index is 1100. The third-order valence-electron chi connectivity index (χ3n) is 4.05. The molecule has 0 aliphatic heterocycles. The molecule has 6 nitrogen and oxygen atoms in total. The number of carboxylic acid groups (broad SMARTS) is 1. The first-order chi connectivity index (χ1) is 13.4. The number of carboxylic acids is 1. The van der Waals surface area contributed by atoms with E-state index >= 15 is 0 Å². The zero-order valence-electron chi connectivity index (χ0n) is 15.0. The van der Waals surface area contributed by atoms with Gasteiger partial charge in [0, 0.05) is 0 Å². The molecule has 3 aromatic rings. The molecule has 0 atom stereocenters. The molecule has 0 radical (unpaired) electrons. The lowest BCUT2D eigenvalue weighted by Gasteiger charge is -2.06. The predicted molar refractivity (Wildman–Crippen MR) is 105 cm³/mol. The van der Waals surface area contributed by atoms with Crippen LogP contribution >= 0.6 is 0 Å². The van der Waals surface area contributed by atoms with Gasteiger partial charge in [-0.15, -0.1) is 0 Å². The third kappa shape index (κ3) is 4.44. The molecule has 0 aromatic heterocycles. The number of hydrogen-bond acceptors (Lipinski definition) is 6. The maximum Gasteiger partial charge on any atom is 0.206 e. The Morgan fingerprint density at radius 2 is 1.43 bits per heavy atom. The van der Waals surface area contributed by atoms with Gasteiger partial charge < -0.3 is 9.90 Å². The van der Waals surface area contributed by atoms with Crippen molar-refractivity contribution in [2.24, 2.45) is 5.10 Å². The monoisotopic (exact) mass is 393 g/mol. The molecule has 0 unspecified atom stereocenters. The van der Waals surface area contributed by atoms with E-state index in [9.17, 15) is 18.3 Å². The lowest BCUT2D eigenvalue weighted by atomic mass is 10.1. The first-order valence-corrected chi connectivity index (χ1v) is 9.87. The van der Waals surface area contributed by atoms with Gasteiger partial charge in [-0.05, 0) is 54.4 Å². The first kappa shape index (κ1) is 19.3. The van der Waals surface area contributed by atoms with Crippen molar-refractivity contribution in [1.29, 1.82) is 0 Å². The van der Waals surface area contributed by atoms with E-state index in [1.54, 1.807) is 48.5 Å². The molecule has 3 rings (SSSR count). The van der Waals surface area contributed by atoms with Crippen molar-refractivity contribution in [3.63, 3.8) is 0 Å². The number of carbonyl (C=O) groups excluding carboxylic acids is 1. The first-order valence-electron chi connectivity index (χ1n) is 8.38. The number of nitrogens with zero attached hydrogens (tertiary/aromatic N) is 1. The molecule has 28 heavy (non-hydrogen) atoms. The van der Waals surface area contributed by atoms with E-state index in [4.69, 9.17) is 0 Å². The van der Waals surface area contributed by atoms with Crippen molar-refractivity contribution in [3.8, 4) is 0 Å². The maximum atomic E-state index is 12.6. The number of aromatic carboxylic acids is 1. The molecule has 0 spiro atoms.